The van der Waals surface area contributed by atoms with Gasteiger partial charge in [-0.05, 0) is 42.5 Å². The van der Waals surface area contributed by atoms with Crippen molar-refractivity contribution in [1.82, 2.24) is 4.98 Å². The van der Waals surface area contributed by atoms with Gasteiger partial charge in [0, 0.05) is 29.0 Å². The van der Waals surface area contributed by atoms with Crippen LogP contribution in [0.4, 0.5) is 5.69 Å². The maximum Gasteiger partial charge on any atom is 0.255 e. The molecule has 1 amide bonds. The molecule has 3 rings (SSSR count). The number of nitrogens with zero attached hydrogens (tertiary/aromatic N) is 1. The lowest BCUT2D eigenvalue weighted by atomic mass is 10.1. The minimum Gasteiger partial charge on any atom is -0.481 e. The van der Waals surface area contributed by atoms with Crippen LogP contribution in [0.5, 0.6) is 5.88 Å². The van der Waals surface area contributed by atoms with Gasteiger partial charge in [-0.15, -0.1) is 0 Å². The van der Waals surface area contributed by atoms with Crippen molar-refractivity contribution in [2.45, 2.75) is 4.90 Å². The lowest BCUT2D eigenvalue weighted by molar-refractivity contribution is 0.102. The zero-order valence-corrected chi connectivity index (χ0v) is 15.6. The number of halogens is 1. The molecule has 0 aliphatic heterocycles. The fourth-order valence-corrected chi connectivity index (χ4v) is 3.77. The number of ether oxygens (including phenoxy) is 1. The van der Waals surface area contributed by atoms with Crippen LogP contribution in [-0.2, 0) is 9.84 Å². The molecular formula is C18H15ClN2O4S. The van der Waals surface area contributed by atoms with Crippen molar-refractivity contribution in [1.29, 1.82) is 0 Å². The Kier molecular flexibility index (Phi) is 4.84. The molecule has 0 bridgehead atoms. The van der Waals surface area contributed by atoms with Gasteiger partial charge in [0.05, 0.1) is 22.5 Å². The summed E-state index contributed by atoms with van der Waals surface area (Å²) in [6.45, 7) is 0. The van der Waals surface area contributed by atoms with Crippen molar-refractivity contribution >= 4 is 43.9 Å². The van der Waals surface area contributed by atoms with E-state index >= 15 is 0 Å². The molecule has 3 aromatic rings. The number of nitrogens with one attached hydrogen (secondary N) is 1. The molecule has 0 unspecified atom stereocenters. The van der Waals surface area contributed by atoms with E-state index in [1.807, 2.05) is 6.07 Å². The number of carbonyl (C=O) groups excluding carboxylic acids is 1. The number of methoxy groups -OCH3 is 1. The number of rotatable bonds is 4. The van der Waals surface area contributed by atoms with Gasteiger partial charge in [0.2, 0.25) is 5.88 Å². The summed E-state index contributed by atoms with van der Waals surface area (Å²) in [6, 6.07) is 12.9. The molecule has 1 aromatic heterocycles. The second-order valence-electron chi connectivity index (χ2n) is 5.63. The molecule has 0 atom stereocenters. The van der Waals surface area contributed by atoms with Crippen LogP contribution in [0, 0.1) is 0 Å². The summed E-state index contributed by atoms with van der Waals surface area (Å²) in [6.07, 6.45) is 1.07. The summed E-state index contributed by atoms with van der Waals surface area (Å²) < 4.78 is 28.3. The summed E-state index contributed by atoms with van der Waals surface area (Å²) >= 11 is 6.00. The van der Waals surface area contributed by atoms with Crippen LogP contribution >= 0.6 is 11.6 Å². The maximum atomic E-state index is 12.5. The first-order valence-corrected chi connectivity index (χ1v) is 9.80. The Balaban J connectivity index is 1.86. The largest absolute Gasteiger partial charge is 0.481 e. The summed E-state index contributed by atoms with van der Waals surface area (Å²) in [5.74, 6) is 0.154. The van der Waals surface area contributed by atoms with Gasteiger partial charge in [-0.2, -0.15) is 0 Å². The third kappa shape index (κ3) is 3.79. The van der Waals surface area contributed by atoms with E-state index in [0.29, 0.717) is 22.6 Å². The number of carbonyl (C=O) groups is 1. The zero-order valence-electron chi connectivity index (χ0n) is 14.0. The fourth-order valence-electron chi connectivity index (χ4n) is 2.44. The number of hydrogen-bond acceptors (Lipinski definition) is 5. The highest BCUT2D eigenvalue weighted by molar-refractivity contribution is 7.90. The number of amides is 1. The summed E-state index contributed by atoms with van der Waals surface area (Å²) in [7, 11) is -1.88. The Labute approximate surface area is 155 Å². The highest BCUT2D eigenvalue weighted by Crippen LogP contribution is 2.25. The van der Waals surface area contributed by atoms with Crippen LogP contribution in [0.15, 0.2) is 53.4 Å². The van der Waals surface area contributed by atoms with Crippen molar-refractivity contribution in [3.8, 4) is 5.88 Å². The maximum absolute atomic E-state index is 12.5. The molecule has 0 aliphatic carbocycles. The first kappa shape index (κ1) is 18.2. The van der Waals surface area contributed by atoms with E-state index in [0.717, 1.165) is 11.6 Å². The minimum absolute atomic E-state index is 0.0166. The Morgan fingerprint density at radius 2 is 1.88 bits per heavy atom. The predicted molar refractivity (Wildman–Crippen MR) is 101 cm³/mol. The number of anilines is 1. The second-order valence-corrected chi connectivity index (χ2v) is 8.02. The molecule has 6 nitrogen and oxygen atoms in total. The van der Waals surface area contributed by atoms with Gasteiger partial charge in [0.25, 0.3) is 5.91 Å². The molecule has 0 spiro atoms. The second kappa shape index (κ2) is 6.93. The van der Waals surface area contributed by atoms with Crippen LogP contribution in [0.1, 0.15) is 10.4 Å². The van der Waals surface area contributed by atoms with E-state index in [2.05, 4.69) is 10.3 Å². The van der Waals surface area contributed by atoms with Crippen LogP contribution in [0.25, 0.3) is 10.9 Å². The van der Waals surface area contributed by atoms with Gasteiger partial charge in [0.15, 0.2) is 9.84 Å². The molecule has 0 fully saturated rings. The third-order valence-electron chi connectivity index (χ3n) is 3.72. The number of pyridine rings is 1. The Morgan fingerprint density at radius 3 is 2.54 bits per heavy atom. The summed E-state index contributed by atoms with van der Waals surface area (Å²) in [5.41, 5.74) is 1.55. The molecule has 2 aromatic carbocycles. The first-order valence-electron chi connectivity index (χ1n) is 7.54. The van der Waals surface area contributed by atoms with Crippen molar-refractivity contribution in [3.63, 3.8) is 0 Å². The van der Waals surface area contributed by atoms with Gasteiger partial charge in [-0.3, -0.25) is 4.79 Å². The number of aromatic nitrogens is 1. The van der Waals surface area contributed by atoms with Crippen LogP contribution in [-0.4, -0.2) is 32.7 Å². The normalized spacial score (nSPS) is 11.3. The minimum atomic E-state index is -3.42. The Morgan fingerprint density at radius 1 is 1.12 bits per heavy atom. The van der Waals surface area contributed by atoms with E-state index in [-0.39, 0.29) is 15.8 Å². The van der Waals surface area contributed by atoms with Gasteiger partial charge in [-0.1, -0.05) is 11.6 Å². The van der Waals surface area contributed by atoms with Gasteiger partial charge in [-0.25, -0.2) is 13.4 Å². The van der Waals surface area contributed by atoms with Crippen LogP contribution < -0.4 is 10.1 Å². The number of fused-ring (bicyclic) bond motifs is 1. The Bertz CT molecular complexity index is 1110. The van der Waals surface area contributed by atoms with E-state index in [1.54, 1.807) is 24.3 Å². The monoisotopic (exact) mass is 390 g/mol. The molecular weight excluding hydrogens is 376 g/mol. The van der Waals surface area contributed by atoms with Crippen molar-refractivity contribution in [3.05, 3.63) is 59.1 Å². The average molecular weight is 391 g/mol. The molecule has 0 aliphatic rings. The predicted octanol–water partition coefficient (Wildman–Crippen LogP) is 3.55. The summed E-state index contributed by atoms with van der Waals surface area (Å²) in [4.78, 5) is 16.8. The average Bonchev–Trinajstić information content (AvgIpc) is 2.59. The van der Waals surface area contributed by atoms with Gasteiger partial charge < -0.3 is 10.1 Å². The van der Waals surface area contributed by atoms with Crippen molar-refractivity contribution in [2.75, 3.05) is 18.7 Å². The molecule has 1 heterocycles. The quantitative estimate of drug-likeness (QED) is 0.736. The lowest BCUT2D eigenvalue weighted by Crippen LogP contribution is -2.12. The van der Waals surface area contributed by atoms with Crippen molar-refractivity contribution in [2.24, 2.45) is 0 Å². The fraction of sp³-hybridized carbons (Fsp3) is 0.111. The lowest BCUT2D eigenvalue weighted by Gasteiger charge is -2.09. The SMILES string of the molecule is COc1ccc2cc(C(=O)Nc3ccc(S(C)(=O)=O)c(Cl)c3)ccc2n1. The topological polar surface area (TPSA) is 85.4 Å². The standard InChI is InChI=1S/C18H15ClN2O4S/c1-25-17-8-4-11-9-12(3-6-15(11)21-17)18(22)20-13-5-7-16(14(19)10-13)26(2,23)24/h3-10H,1-2H3,(H,20,22). The molecule has 26 heavy (non-hydrogen) atoms. The van der Waals surface area contributed by atoms with E-state index in [4.69, 9.17) is 16.3 Å². The smallest absolute Gasteiger partial charge is 0.255 e. The van der Waals surface area contributed by atoms with Crippen LogP contribution in [0.3, 0.4) is 0 Å². The van der Waals surface area contributed by atoms with Crippen LogP contribution in [0.2, 0.25) is 5.02 Å². The van der Waals surface area contributed by atoms with Gasteiger partial charge >= 0.3 is 0 Å². The Hall–Kier alpha value is -2.64. The van der Waals surface area contributed by atoms with E-state index in [1.165, 1.54) is 25.3 Å². The molecule has 0 radical (unpaired) electrons. The highest BCUT2D eigenvalue weighted by atomic mass is 35.5. The van der Waals surface area contributed by atoms with Crippen molar-refractivity contribution < 1.29 is 17.9 Å². The third-order valence-corrected chi connectivity index (χ3v) is 5.30. The van der Waals surface area contributed by atoms with E-state index < -0.39 is 9.84 Å². The zero-order chi connectivity index (χ0) is 18.9. The molecule has 0 saturated carbocycles. The molecule has 8 heteroatoms. The number of hydrogen-bond donors (Lipinski definition) is 1. The summed E-state index contributed by atoms with van der Waals surface area (Å²) in [5, 5.41) is 3.55. The van der Waals surface area contributed by atoms with Gasteiger partial charge in [0.1, 0.15) is 0 Å². The molecule has 0 saturated heterocycles. The first-order chi connectivity index (χ1) is 12.3. The molecule has 1 N–H and O–H groups in total. The highest BCUT2D eigenvalue weighted by Gasteiger charge is 2.14. The molecule has 134 valence electrons. The number of benzene rings is 2. The number of sulfone groups is 1. The van der Waals surface area contributed by atoms with E-state index in [9.17, 15) is 13.2 Å².